The van der Waals surface area contributed by atoms with Gasteiger partial charge in [0.15, 0.2) is 0 Å². The number of rotatable bonds is 1. The van der Waals surface area contributed by atoms with Gasteiger partial charge in [0.2, 0.25) is 5.70 Å². The summed E-state index contributed by atoms with van der Waals surface area (Å²) in [7, 11) is 0. The van der Waals surface area contributed by atoms with E-state index in [-0.39, 0.29) is 4.92 Å². The van der Waals surface area contributed by atoms with Gasteiger partial charge < -0.3 is 0 Å². The Hall–Kier alpha value is -0.860. The average Bonchev–Trinajstić information content (AvgIpc) is 2.46. The molecule has 0 aromatic heterocycles. The number of allylic oxidation sites excluding steroid dienone is 2. The quantitative estimate of drug-likeness (QED) is 0.444. The Morgan fingerprint density at radius 3 is 2.83 bits per heavy atom. The Kier molecular flexibility index (Phi) is 1.87. The minimum atomic E-state index is -0.210. The zero-order chi connectivity index (χ0) is 8.55. The molecule has 12 heavy (non-hydrogen) atoms. The summed E-state index contributed by atoms with van der Waals surface area (Å²) in [5, 5.41) is 10.5. The zero-order valence-corrected chi connectivity index (χ0v) is 7.03. The molecule has 3 nitrogen and oxygen atoms in total. The average molecular weight is 167 g/mol. The van der Waals surface area contributed by atoms with E-state index < -0.39 is 0 Å². The maximum Gasteiger partial charge on any atom is 0.242 e. The van der Waals surface area contributed by atoms with Crippen LogP contribution in [0.15, 0.2) is 11.8 Å². The largest absolute Gasteiger partial charge is 0.259 e. The standard InChI is InChI=1S/C9H13NO2/c11-10(12)9-5-7-3-1-2-4-8(7)6-9/h5,7-8H,1-4,6H2/t7-,8-/m1/s1. The lowest BCUT2D eigenvalue weighted by Crippen LogP contribution is -2.13. The van der Waals surface area contributed by atoms with Crippen molar-refractivity contribution in [1.29, 1.82) is 0 Å². The first kappa shape index (κ1) is 7.77. The third-order valence-corrected chi connectivity index (χ3v) is 3.08. The van der Waals surface area contributed by atoms with Crippen LogP contribution < -0.4 is 0 Å². The predicted molar refractivity (Wildman–Crippen MR) is 45.1 cm³/mol. The normalized spacial score (nSPS) is 34.2. The number of nitrogens with zero attached hydrogens (tertiary/aromatic N) is 1. The molecule has 0 aromatic carbocycles. The van der Waals surface area contributed by atoms with E-state index in [2.05, 4.69) is 0 Å². The molecular weight excluding hydrogens is 154 g/mol. The van der Waals surface area contributed by atoms with E-state index in [0.29, 0.717) is 17.5 Å². The Morgan fingerprint density at radius 1 is 1.42 bits per heavy atom. The van der Waals surface area contributed by atoms with Gasteiger partial charge in [-0.3, -0.25) is 10.1 Å². The second kappa shape index (κ2) is 2.88. The number of hydrogen-bond donors (Lipinski definition) is 0. The van der Waals surface area contributed by atoms with E-state index >= 15 is 0 Å². The van der Waals surface area contributed by atoms with Crippen molar-refractivity contribution in [1.82, 2.24) is 0 Å². The second-order valence-electron chi connectivity index (χ2n) is 3.83. The molecule has 2 rings (SSSR count). The van der Waals surface area contributed by atoms with Crippen molar-refractivity contribution in [2.45, 2.75) is 32.1 Å². The Balaban J connectivity index is 2.09. The lowest BCUT2D eigenvalue weighted by molar-refractivity contribution is -0.427. The van der Waals surface area contributed by atoms with E-state index in [1.165, 1.54) is 25.7 Å². The highest BCUT2D eigenvalue weighted by Gasteiger charge is 2.34. The molecule has 0 heterocycles. The molecule has 0 radical (unpaired) electrons. The Labute approximate surface area is 71.6 Å². The summed E-state index contributed by atoms with van der Waals surface area (Å²) in [6, 6.07) is 0. The van der Waals surface area contributed by atoms with Crippen LogP contribution in [0.2, 0.25) is 0 Å². The van der Waals surface area contributed by atoms with E-state index in [9.17, 15) is 10.1 Å². The molecule has 0 bridgehead atoms. The molecule has 0 unspecified atom stereocenters. The first-order valence-electron chi connectivity index (χ1n) is 4.62. The second-order valence-corrected chi connectivity index (χ2v) is 3.83. The Morgan fingerprint density at radius 2 is 2.17 bits per heavy atom. The van der Waals surface area contributed by atoms with Gasteiger partial charge in [0.1, 0.15) is 0 Å². The van der Waals surface area contributed by atoms with Gasteiger partial charge in [-0.25, -0.2) is 0 Å². The number of hydrogen-bond acceptors (Lipinski definition) is 2. The molecule has 1 fully saturated rings. The lowest BCUT2D eigenvalue weighted by atomic mass is 9.81. The molecular formula is C9H13NO2. The molecule has 0 aliphatic heterocycles. The van der Waals surface area contributed by atoms with Crippen molar-refractivity contribution in [3.63, 3.8) is 0 Å². The minimum Gasteiger partial charge on any atom is -0.259 e. The lowest BCUT2D eigenvalue weighted by Gasteiger charge is -2.23. The molecule has 2 aliphatic rings. The minimum absolute atomic E-state index is 0.210. The number of nitro groups is 1. The molecule has 1 saturated carbocycles. The molecule has 0 spiro atoms. The molecule has 0 amide bonds. The van der Waals surface area contributed by atoms with Crippen LogP contribution in [-0.4, -0.2) is 4.92 Å². The van der Waals surface area contributed by atoms with Gasteiger partial charge in [0.05, 0.1) is 4.92 Å². The van der Waals surface area contributed by atoms with Crippen LogP contribution >= 0.6 is 0 Å². The summed E-state index contributed by atoms with van der Waals surface area (Å²) in [5.74, 6) is 1.12. The van der Waals surface area contributed by atoms with Crippen molar-refractivity contribution in [2.24, 2.45) is 11.8 Å². The molecule has 66 valence electrons. The molecule has 3 heteroatoms. The molecule has 0 N–H and O–H groups in total. The van der Waals surface area contributed by atoms with Crippen molar-refractivity contribution in [2.75, 3.05) is 0 Å². The summed E-state index contributed by atoms with van der Waals surface area (Å²) in [6.45, 7) is 0. The van der Waals surface area contributed by atoms with E-state index in [1.54, 1.807) is 0 Å². The summed E-state index contributed by atoms with van der Waals surface area (Å²) >= 11 is 0. The predicted octanol–water partition coefficient (Wildman–Crippen LogP) is 2.36. The summed E-state index contributed by atoms with van der Waals surface area (Å²) < 4.78 is 0. The van der Waals surface area contributed by atoms with Gasteiger partial charge in [0.25, 0.3) is 0 Å². The monoisotopic (exact) mass is 167 g/mol. The summed E-state index contributed by atoms with van der Waals surface area (Å²) in [5.41, 5.74) is 0.465. The van der Waals surface area contributed by atoms with E-state index in [1.807, 2.05) is 6.08 Å². The molecule has 2 atom stereocenters. The fourth-order valence-corrected chi connectivity index (χ4v) is 2.43. The highest BCUT2D eigenvalue weighted by Crippen LogP contribution is 2.40. The van der Waals surface area contributed by atoms with Crippen molar-refractivity contribution >= 4 is 0 Å². The van der Waals surface area contributed by atoms with Gasteiger partial charge in [-0.2, -0.15) is 0 Å². The Bertz CT molecular complexity index is 235. The third kappa shape index (κ3) is 1.24. The first-order valence-corrected chi connectivity index (χ1v) is 4.62. The summed E-state index contributed by atoms with van der Waals surface area (Å²) in [6.07, 6.45) is 7.49. The zero-order valence-electron chi connectivity index (χ0n) is 7.03. The third-order valence-electron chi connectivity index (χ3n) is 3.08. The topological polar surface area (TPSA) is 43.1 Å². The van der Waals surface area contributed by atoms with Gasteiger partial charge in [0, 0.05) is 6.42 Å². The van der Waals surface area contributed by atoms with E-state index in [4.69, 9.17) is 0 Å². The van der Waals surface area contributed by atoms with E-state index in [0.717, 1.165) is 6.42 Å². The molecule has 2 aliphatic carbocycles. The van der Waals surface area contributed by atoms with Crippen LogP contribution in [0.25, 0.3) is 0 Å². The van der Waals surface area contributed by atoms with Crippen molar-refractivity contribution in [3.05, 3.63) is 21.9 Å². The fraction of sp³-hybridized carbons (Fsp3) is 0.778. The highest BCUT2D eigenvalue weighted by atomic mass is 16.6. The van der Waals surface area contributed by atoms with Crippen molar-refractivity contribution in [3.8, 4) is 0 Å². The van der Waals surface area contributed by atoms with Crippen LogP contribution in [0.4, 0.5) is 0 Å². The van der Waals surface area contributed by atoms with Crippen LogP contribution in [0.3, 0.4) is 0 Å². The molecule has 0 aromatic rings. The highest BCUT2D eigenvalue weighted by molar-refractivity contribution is 5.08. The van der Waals surface area contributed by atoms with Gasteiger partial charge >= 0.3 is 0 Å². The van der Waals surface area contributed by atoms with Gasteiger partial charge in [-0.15, -0.1) is 0 Å². The van der Waals surface area contributed by atoms with Crippen LogP contribution in [0.5, 0.6) is 0 Å². The number of fused-ring (bicyclic) bond motifs is 1. The van der Waals surface area contributed by atoms with Gasteiger partial charge in [-0.05, 0) is 30.8 Å². The van der Waals surface area contributed by atoms with Crippen molar-refractivity contribution < 1.29 is 4.92 Å². The summed E-state index contributed by atoms with van der Waals surface area (Å²) in [4.78, 5) is 10.3. The maximum absolute atomic E-state index is 10.5. The fourth-order valence-electron chi connectivity index (χ4n) is 2.43. The smallest absolute Gasteiger partial charge is 0.242 e. The maximum atomic E-state index is 10.5. The SMILES string of the molecule is O=[N+]([O-])C1=C[C@H]2CCCC[C@@H]2C1. The van der Waals surface area contributed by atoms with Gasteiger partial charge in [-0.1, -0.05) is 12.8 Å². The van der Waals surface area contributed by atoms with Crippen LogP contribution in [-0.2, 0) is 0 Å². The molecule has 0 saturated heterocycles. The van der Waals surface area contributed by atoms with Crippen LogP contribution in [0.1, 0.15) is 32.1 Å². The van der Waals surface area contributed by atoms with Crippen LogP contribution in [0, 0.1) is 22.0 Å². The first-order chi connectivity index (χ1) is 5.77.